The highest BCUT2D eigenvalue weighted by Gasteiger charge is 2.43. The quantitative estimate of drug-likeness (QED) is 0.768. The Morgan fingerprint density at radius 2 is 2.15 bits per heavy atom. The van der Waals surface area contributed by atoms with Crippen LogP contribution in [0.25, 0.3) is 10.6 Å². The first-order valence-corrected chi connectivity index (χ1v) is 9.20. The molecule has 2 aromatic rings. The minimum atomic E-state index is -1.33. The Labute approximate surface area is 155 Å². The van der Waals surface area contributed by atoms with Gasteiger partial charge in [0.1, 0.15) is 10.8 Å². The summed E-state index contributed by atoms with van der Waals surface area (Å²) < 4.78 is 10.6. The molecule has 0 radical (unpaired) electrons. The van der Waals surface area contributed by atoms with Crippen LogP contribution in [0.2, 0.25) is 0 Å². The van der Waals surface area contributed by atoms with Gasteiger partial charge in [0, 0.05) is 24.0 Å². The van der Waals surface area contributed by atoms with E-state index in [0.717, 1.165) is 16.3 Å². The molecule has 138 valence electrons. The molecule has 1 aliphatic rings. The second kappa shape index (κ2) is 7.84. The van der Waals surface area contributed by atoms with Gasteiger partial charge in [0.25, 0.3) is 0 Å². The van der Waals surface area contributed by atoms with Crippen molar-refractivity contribution < 1.29 is 24.2 Å². The average Bonchev–Trinajstić information content (AvgIpc) is 3.26. The van der Waals surface area contributed by atoms with Crippen molar-refractivity contribution in [2.75, 3.05) is 19.8 Å². The molecule has 1 amide bonds. The Bertz CT molecular complexity index is 781. The highest BCUT2D eigenvalue weighted by molar-refractivity contribution is 7.13. The molecule has 1 atom stereocenters. The minimum Gasteiger partial charge on any atom is -0.494 e. The number of carboxylic acids is 1. The first-order valence-electron chi connectivity index (χ1n) is 8.32. The number of carbonyl (C=O) groups excluding carboxylic acids is 1. The maximum atomic E-state index is 12.3. The van der Waals surface area contributed by atoms with E-state index in [9.17, 15) is 14.7 Å². The van der Waals surface area contributed by atoms with Gasteiger partial charge in [0.05, 0.1) is 25.3 Å². The van der Waals surface area contributed by atoms with Crippen LogP contribution in [0.1, 0.15) is 19.0 Å². The number of hydrogen-bond acceptors (Lipinski definition) is 6. The zero-order chi connectivity index (χ0) is 18.6. The number of rotatable bonds is 7. The van der Waals surface area contributed by atoms with Gasteiger partial charge in [-0.1, -0.05) is 0 Å². The van der Waals surface area contributed by atoms with Crippen molar-refractivity contribution in [1.29, 1.82) is 0 Å². The number of ether oxygens (including phenoxy) is 2. The van der Waals surface area contributed by atoms with Crippen LogP contribution < -0.4 is 10.1 Å². The van der Waals surface area contributed by atoms with Gasteiger partial charge in [-0.05, 0) is 31.2 Å². The van der Waals surface area contributed by atoms with E-state index >= 15 is 0 Å². The van der Waals surface area contributed by atoms with E-state index in [1.54, 1.807) is 0 Å². The van der Waals surface area contributed by atoms with Crippen LogP contribution >= 0.6 is 11.3 Å². The van der Waals surface area contributed by atoms with Crippen LogP contribution in [-0.4, -0.2) is 47.3 Å². The lowest BCUT2D eigenvalue weighted by molar-refractivity contribution is -0.147. The number of hydrogen-bond donors (Lipinski definition) is 2. The van der Waals surface area contributed by atoms with E-state index in [2.05, 4.69) is 10.3 Å². The Hall–Kier alpha value is -2.45. The molecule has 26 heavy (non-hydrogen) atoms. The van der Waals surface area contributed by atoms with Gasteiger partial charge in [-0.3, -0.25) is 4.79 Å². The van der Waals surface area contributed by atoms with Crippen LogP contribution in [0.3, 0.4) is 0 Å². The number of nitrogens with zero attached hydrogens (tertiary/aromatic N) is 1. The molecule has 1 aromatic carbocycles. The number of thiazole rings is 1. The van der Waals surface area contributed by atoms with Gasteiger partial charge in [-0.15, -0.1) is 11.3 Å². The summed E-state index contributed by atoms with van der Waals surface area (Å²) in [7, 11) is 0. The second-order valence-corrected chi connectivity index (χ2v) is 6.87. The Kier molecular flexibility index (Phi) is 5.53. The molecule has 1 saturated heterocycles. The molecular weight excluding hydrogens is 356 g/mol. The summed E-state index contributed by atoms with van der Waals surface area (Å²) in [6, 6.07) is 7.60. The molecule has 7 nitrogen and oxygen atoms in total. The zero-order valence-electron chi connectivity index (χ0n) is 14.4. The van der Waals surface area contributed by atoms with Gasteiger partial charge >= 0.3 is 5.97 Å². The fourth-order valence-corrected chi connectivity index (χ4v) is 3.57. The molecule has 0 aliphatic carbocycles. The first kappa shape index (κ1) is 18.3. The molecule has 0 spiro atoms. The fourth-order valence-electron chi connectivity index (χ4n) is 2.74. The number of benzene rings is 1. The summed E-state index contributed by atoms with van der Waals surface area (Å²) in [5.41, 5.74) is 0.220. The lowest BCUT2D eigenvalue weighted by Gasteiger charge is -2.23. The van der Waals surface area contributed by atoms with Gasteiger partial charge in [-0.25, -0.2) is 9.78 Å². The van der Waals surface area contributed by atoms with E-state index in [1.165, 1.54) is 11.3 Å². The molecule has 1 aromatic heterocycles. The Balaban J connectivity index is 1.64. The van der Waals surface area contributed by atoms with Crippen molar-refractivity contribution >= 4 is 23.2 Å². The SMILES string of the molecule is CCOc1ccc(-c2nc(CC(=O)NC3(C(=O)O)CCOC3)cs2)cc1. The van der Waals surface area contributed by atoms with Gasteiger partial charge in [0.2, 0.25) is 5.91 Å². The number of aliphatic carboxylic acids is 1. The molecule has 0 bridgehead atoms. The first-order chi connectivity index (χ1) is 12.5. The molecular formula is C18H20N2O5S. The van der Waals surface area contributed by atoms with Crippen LogP contribution in [0.4, 0.5) is 0 Å². The Morgan fingerprint density at radius 3 is 2.77 bits per heavy atom. The third-order valence-corrected chi connectivity index (χ3v) is 5.06. The van der Waals surface area contributed by atoms with Gasteiger partial charge in [-0.2, -0.15) is 0 Å². The minimum absolute atomic E-state index is 0.0113. The number of aromatic nitrogens is 1. The topological polar surface area (TPSA) is 97.8 Å². The van der Waals surface area contributed by atoms with E-state index in [0.29, 0.717) is 18.9 Å². The number of carboxylic acid groups (broad SMARTS) is 1. The third-order valence-electron chi connectivity index (χ3n) is 4.12. The second-order valence-electron chi connectivity index (χ2n) is 6.02. The predicted molar refractivity (Wildman–Crippen MR) is 96.4 cm³/mol. The van der Waals surface area contributed by atoms with Crippen molar-refractivity contribution in [3.8, 4) is 16.3 Å². The van der Waals surface area contributed by atoms with Crippen LogP contribution in [0.15, 0.2) is 29.6 Å². The molecule has 1 fully saturated rings. The molecule has 2 N–H and O–H groups in total. The largest absolute Gasteiger partial charge is 0.494 e. The summed E-state index contributed by atoms with van der Waals surface area (Å²) in [6.07, 6.45) is 0.297. The van der Waals surface area contributed by atoms with E-state index in [1.807, 2.05) is 36.6 Å². The van der Waals surface area contributed by atoms with Crippen molar-refractivity contribution in [3.05, 3.63) is 35.3 Å². The number of carbonyl (C=O) groups is 2. The summed E-state index contributed by atoms with van der Waals surface area (Å²) in [4.78, 5) is 28.2. The molecule has 0 saturated carbocycles. The highest BCUT2D eigenvalue weighted by Crippen LogP contribution is 2.26. The maximum absolute atomic E-state index is 12.3. The predicted octanol–water partition coefficient (Wildman–Crippen LogP) is 2.11. The molecule has 1 aliphatic heterocycles. The fraction of sp³-hybridized carbons (Fsp3) is 0.389. The standard InChI is InChI=1S/C18H20N2O5S/c1-2-25-14-5-3-12(4-6-14)16-19-13(10-26-16)9-15(21)20-18(17(22)23)7-8-24-11-18/h3-6,10H,2,7-9,11H2,1H3,(H,20,21)(H,22,23). The highest BCUT2D eigenvalue weighted by atomic mass is 32.1. The lowest BCUT2D eigenvalue weighted by atomic mass is 9.99. The molecule has 1 unspecified atom stereocenters. The molecule has 3 rings (SSSR count). The van der Waals surface area contributed by atoms with Gasteiger partial charge in [0.15, 0.2) is 5.54 Å². The van der Waals surface area contributed by atoms with E-state index in [-0.39, 0.29) is 25.4 Å². The molecule has 8 heteroatoms. The number of amides is 1. The lowest BCUT2D eigenvalue weighted by Crippen LogP contribution is -2.55. The summed E-state index contributed by atoms with van der Waals surface area (Å²) in [5.74, 6) is -0.650. The van der Waals surface area contributed by atoms with Crippen LogP contribution in [0, 0.1) is 0 Å². The van der Waals surface area contributed by atoms with Crippen molar-refractivity contribution in [2.45, 2.75) is 25.3 Å². The van der Waals surface area contributed by atoms with E-state index < -0.39 is 11.5 Å². The van der Waals surface area contributed by atoms with E-state index in [4.69, 9.17) is 9.47 Å². The van der Waals surface area contributed by atoms with Crippen LogP contribution in [0.5, 0.6) is 5.75 Å². The summed E-state index contributed by atoms with van der Waals surface area (Å²) >= 11 is 1.44. The Morgan fingerprint density at radius 1 is 1.38 bits per heavy atom. The van der Waals surface area contributed by atoms with Crippen molar-refractivity contribution in [1.82, 2.24) is 10.3 Å². The van der Waals surface area contributed by atoms with Crippen molar-refractivity contribution in [2.24, 2.45) is 0 Å². The van der Waals surface area contributed by atoms with Crippen LogP contribution in [-0.2, 0) is 20.7 Å². The third kappa shape index (κ3) is 4.03. The van der Waals surface area contributed by atoms with Crippen molar-refractivity contribution in [3.63, 3.8) is 0 Å². The van der Waals surface area contributed by atoms with Gasteiger partial charge < -0.3 is 19.9 Å². The average molecular weight is 376 g/mol. The maximum Gasteiger partial charge on any atom is 0.331 e. The monoisotopic (exact) mass is 376 g/mol. The summed E-state index contributed by atoms with van der Waals surface area (Å²) in [5, 5.41) is 14.6. The number of nitrogens with one attached hydrogen (secondary N) is 1. The normalized spacial score (nSPS) is 19.3. The zero-order valence-corrected chi connectivity index (χ0v) is 15.2. The summed E-state index contributed by atoms with van der Waals surface area (Å²) in [6.45, 7) is 2.85. The molecule has 2 heterocycles. The smallest absolute Gasteiger partial charge is 0.331 e.